The number of aromatic hydroxyl groups is 1. The summed E-state index contributed by atoms with van der Waals surface area (Å²) in [6.45, 7) is 0.285. The Balaban J connectivity index is 3.18. The average molecular weight is 293 g/mol. The van der Waals surface area contributed by atoms with Gasteiger partial charge in [0.15, 0.2) is 0 Å². The maximum atomic E-state index is 9.61. The SMILES string of the molecule is NC[C@@H](N)c1ccc(I)c(N)c1O. The van der Waals surface area contributed by atoms with E-state index in [1.165, 1.54) is 0 Å². The van der Waals surface area contributed by atoms with E-state index in [0.717, 1.165) is 3.57 Å². The van der Waals surface area contributed by atoms with Crippen LogP contribution in [-0.2, 0) is 0 Å². The van der Waals surface area contributed by atoms with Gasteiger partial charge in [-0.3, -0.25) is 0 Å². The van der Waals surface area contributed by atoms with Crippen molar-refractivity contribution in [1.29, 1.82) is 0 Å². The number of nitrogens with two attached hydrogens (primary N) is 3. The number of phenols is 1. The van der Waals surface area contributed by atoms with Crippen LogP contribution in [0, 0.1) is 3.57 Å². The minimum absolute atomic E-state index is 0.0462. The fourth-order valence-corrected chi connectivity index (χ4v) is 1.46. The second-order valence-electron chi connectivity index (χ2n) is 2.74. The molecule has 0 radical (unpaired) electrons. The van der Waals surface area contributed by atoms with Crippen molar-refractivity contribution >= 4 is 28.3 Å². The molecule has 4 nitrogen and oxygen atoms in total. The Hall–Kier alpha value is -0.530. The highest BCUT2D eigenvalue weighted by atomic mass is 127. The number of benzene rings is 1. The van der Waals surface area contributed by atoms with Crippen molar-refractivity contribution in [3.8, 4) is 5.75 Å². The lowest BCUT2D eigenvalue weighted by Gasteiger charge is -2.13. The zero-order chi connectivity index (χ0) is 10.0. The molecule has 1 rings (SSSR count). The average Bonchev–Trinajstić information content (AvgIpc) is 2.13. The third-order valence-corrected chi connectivity index (χ3v) is 2.79. The standard InChI is InChI=1S/C8H12IN3O/c9-5-2-1-4(6(11)3-10)8(13)7(5)12/h1-2,6,13H,3,10-12H2/t6-/m1/s1. The van der Waals surface area contributed by atoms with E-state index in [-0.39, 0.29) is 18.3 Å². The molecule has 0 saturated heterocycles. The van der Waals surface area contributed by atoms with E-state index in [1.54, 1.807) is 12.1 Å². The molecule has 0 unspecified atom stereocenters. The van der Waals surface area contributed by atoms with Gasteiger partial charge in [-0.1, -0.05) is 6.07 Å². The van der Waals surface area contributed by atoms with Gasteiger partial charge in [0.2, 0.25) is 0 Å². The van der Waals surface area contributed by atoms with E-state index >= 15 is 0 Å². The van der Waals surface area contributed by atoms with Crippen LogP contribution in [0.5, 0.6) is 5.75 Å². The zero-order valence-corrected chi connectivity index (χ0v) is 9.15. The van der Waals surface area contributed by atoms with E-state index in [1.807, 2.05) is 22.6 Å². The molecule has 1 aromatic rings. The predicted molar refractivity (Wildman–Crippen MR) is 61.2 cm³/mol. The fraction of sp³-hybridized carbons (Fsp3) is 0.250. The van der Waals surface area contributed by atoms with Crippen molar-refractivity contribution in [1.82, 2.24) is 0 Å². The predicted octanol–water partition coefficient (Wildman–Crippen LogP) is 0.538. The van der Waals surface area contributed by atoms with Crippen LogP contribution < -0.4 is 17.2 Å². The third-order valence-electron chi connectivity index (χ3n) is 1.85. The summed E-state index contributed by atoms with van der Waals surface area (Å²) in [5.74, 6) is 0.0462. The van der Waals surface area contributed by atoms with Crippen LogP contribution in [0.3, 0.4) is 0 Å². The zero-order valence-electron chi connectivity index (χ0n) is 7.00. The molecule has 1 atom stereocenters. The van der Waals surface area contributed by atoms with Crippen molar-refractivity contribution in [3.05, 3.63) is 21.3 Å². The van der Waals surface area contributed by atoms with Crippen molar-refractivity contribution in [3.63, 3.8) is 0 Å². The molecule has 13 heavy (non-hydrogen) atoms. The van der Waals surface area contributed by atoms with Crippen molar-refractivity contribution in [2.75, 3.05) is 12.3 Å². The number of halogens is 1. The van der Waals surface area contributed by atoms with Gasteiger partial charge in [-0.25, -0.2) is 0 Å². The van der Waals surface area contributed by atoms with Crippen molar-refractivity contribution < 1.29 is 5.11 Å². The first-order chi connectivity index (χ1) is 6.07. The maximum absolute atomic E-state index is 9.61. The first-order valence-electron chi connectivity index (χ1n) is 3.80. The highest BCUT2D eigenvalue weighted by Crippen LogP contribution is 2.32. The monoisotopic (exact) mass is 293 g/mol. The number of nitrogen functional groups attached to an aromatic ring is 1. The lowest BCUT2D eigenvalue weighted by molar-refractivity contribution is 0.464. The van der Waals surface area contributed by atoms with Gasteiger partial charge in [0.25, 0.3) is 0 Å². The van der Waals surface area contributed by atoms with Gasteiger partial charge in [-0.05, 0) is 28.7 Å². The van der Waals surface area contributed by atoms with Gasteiger partial charge in [-0.2, -0.15) is 0 Å². The Morgan fingerprint density at radius 1 is 1.46 bits per heavy atom. The molecular formula is C8H12IN3O. The topological polar surface area (TPSA) is 98.3 Å². The van der Waals surface area contributed by atoms with Crippen molar-refractivity contribution in [2.24, 2.45) is 11.5 Å². The van der Waals surface area contributed by atoms with Gasteiger partial charge in [-0.15, -0.1) is 0 Å². The summed E-state index contributed by atoms with van der Waals surface area (Å²) in [7, 11) is 0. The summed E-state index contributed by atoms with van der Waals surface area (Å²) < 4.78 is 0.808. The summed E-state index contributed by atoms with van der Waals surface area (Å²) in [6.07, 6.45) is 0. The molecule has 0 aliphatic heterocycles. The summed E-state index contributed by atoms with van der Waals surface area (Å²) >= 11 is 2.05. The first-order valence-corrected chi connectivity index (χ1v) is 4.88. The minimum atomic E-state index is -0.362. The molecule has 0 aliphatic rings. The van der Waals surface area contributed by atoms with Gasteiger partial charge < -0.3 is 22.3 Å². The Bertz CT molecular complexity index is 317. The highest BCUT2D eigenvalue weighted by Gasteiger charge is 2.12. The van der Waals surface area contributed by atoms with E-state index in [4.69, 9.17) is 17.2 Å². The van der Waals surface area contributed by atoms with Crippen LogP contribution in [-0.4, -0.2) is 11.7 Å². The van der Waals surface area contributed by atoms with Gasteiger partial charge in [0.1, 0.15) is 5.75 Å². The minimum Gasteiger partial charge on any atom is -0.505 e. The fourth-order valence-electron chi connectivity index (χ4n) is 1.03. The Labute approximate surface area is 90.2 Å². The van der Waals surface area contributed by atoms with Crippen LogP contribution >= 0.6 is 22.6 Å². The van der Waals surface area contributed by atoms with Gasteiger partial charge in [0, 0.05) is 21.7 Å². The number of hydrogen-bond acceptors (Lipinski definition) is 4. The first kappa shape index (κ1) is 10.6. The van der Waals surface area contributed by atoms with E-state index < -0.39 is 0 Å². The Morgan fingerprint density at radius 2 is 2.08 bits per heavy atom. The normalized spacial score (nSPS) is 12.8. The molecule has 0 aromatic heterocycles. The van der Waals surface area contributed by atoms with Crippen LogP contribution in [0.1, 0.15) is 11.6 Å². The molecule has 0 fully saturated rings. The molecule has 0 spiro atoms. The molecule has 1 aromatic carbocycles. The van der Waals surface area contributed by atoms with Crippen LogP contribution in [0.15, 0.2) is 12.1 Å². The molecule has 72 valence electrons. The third kappa shape index (κ3) is 2.04. The molecule has 7 N–H and O–H groups in total. The molecule has 5 heteroatoms. The highest BCUT2D eigenvalue weighted by molar-refractivity contribution is 14.1. The van der Waals surface area contributed by atoms with Gasteiger partial charge in [0.05, 0.1) is 5.69 Å². The largest absolute Gasteiger partial charge is 0.505 e. The lowest BCUT2D eigenvalue weighted by Crippen LogP contribution is -2.21. The van der Waals surface area contributed by atoms with E-state index in [2.05, 4.69) is 0 Å². The number of anilines is 1. The maximum Gasteiger partial charge on any atom is 0.144 e. The molecular weight excluding hydrogens is 281 g/mol. The molecule has 0 bridgehead atoms. The smallest absolute Gasteiger partial charge is 0.144 e. The summed E-state index contributed by atoms with van der Waals surface area (Å²) in [5.41, 5.74) is 17.6. The molecule has 0 heterocycles. The summed E-state index contributed by atoms with van der Waals surface area (Å²) in [5, 5.41) is 9.61. The second kappa shape index (κ2) is 4.12. The Morgan fingerprint density at radius 3 is 2.62 bits per heavy atom. The van der Waals surface area contributed by atoms with Crippen molar-refractivity contribution in [2.45, 2.75) is 6.04 Å². The van der Waals surface area contributed by atoms with E-state index in [9.17, 15) is 5.11 Å². The summed E-state index contributed by atoms with van der Waals surface area (Å²) in [4.78, 5) is 0. The van der Waals surface area contributed by atoms with Crippen LogP contribution in [0.4, 0.5) is 5.69 Å². The molecule has 0 saturated carbocycles. The number of phenolic OH excluding ortho intramolecular Hbond substituents is 1. The second-order valence-corrected chi connectivity index (χ2v) is 3.90. The van der Waals surface area contributed by atoms with Gasteiger partial charge >= 0.3 is 0 Å². The quantitative estimate of drug-likeness (QED) is 0.363. The molecule has 0 aliphatic carbocycles. The van der Waals surface area contributed by atoms with E-state index in [0.29, 0.717) is 11.3 Å². The Kier molecular flexibility index (Phi) is 3.34. The lowest BCUT2D eigenvalue weighted by atomic mass is 10.1. The molecule has 0 amide bonds. The number of hydrogen-bond donors (Lipinski definition) is 4. The van der Waals surface area contributed by atoms with Crippen LogP contribution in [0.2, 0.25) is 0 Å². The summed E-state index contributed by atoms with van der Waals surface area (Å²) in [6, 6.07) is 3.19. The number of rotatable bonds is 2. The van der Waals surface area contributed by atoms with Crippen LogP contribution in [0.25, 0.3) is 0 Å².